The van der Waals surface area contributed by atoms with E-state index in [1.54, 1.807) is 24.3 Å². The van der Waals surface area contributed by atoms with Crippen molar-refractivity contribution in [3.8, 4) is 6.07 Å². The summed E-state index contributed by atoms with van der Waals surface area (Å²) in [5, 5.41) is 9.00. The van der Waals surface area contributed by atoms with Crippen molar-refractivity contribution in [1.82, 2.24) is 4.72 Å². The fourth-order valence-electron chi connectivity index (χ4n) is 2.20. The van der Waals surface area contributed by atoms with Gasteiger partial charge in [0.25, 0.3) is 0 Å². The third-order valence-corrected chi connectivity index (χ3v) is 4.74. The van der Waals surface area contributed by atoms with Crippen molar-refractivity contribution in [2.24, 2.45) is 5.92 Å². The molecule has 0 spiro atoms. The Morgan fingerprint density at radius 2 is 1.86 bits per heavy atom. The molecule has 0 amide bonds. The van der Waals surface area contributed by atoms with Crippen LogP contribution in [0.4, 0.5) is 0 Å². The average molecular weight is 308 g/mol. The fraction of sp³-hybridized carbons (Fsp3) is 0.562. The van der Waals surface area contributed by atoms with E-state index in [1.807, 2.05) is 13.0 Å². The molecule has 0 saturated carbocycles. The van der Waals surface area contributed by atoms with Crippen LogP contribution in [0.5, 0.6) is 0 Å². The van der Waals surface area contributed by atoms with Gasteiger partial charge in [0.2, 0.25) is 10.0 Å². The molecular formula is C16H24N2O2S. The quantitative estimate of drug-likeness (QED) is 0.801. The van der Waals surface area contributed by atoms with E-state index >= 15 is 0 Å². The van der Waals surface area contributed by atoms with E-state index in [0.717, 1.165) is 19.3 Å². The molecule has 0 radical (unpaired) electrons. The number of nitriles is 1. The van der Waals surface area contributed by atoms with Gasteiger partial charge < -0.3 is 0 Å². The number of hydrogen-bond donors (Lipinski definition) is 1. The third-order valence-electron chi connectivity index (χ3n) is 3.28. The lowest BCUT2D eigenvalue weighted by Crippen LogP contribution is -2.33. The summed E-state index contributed by atoms with van der Waals surface area (Å²) in [6, 6.07) is 8.74. The highest BCUT2D eigenvalue weighted by atomic mass is 32.2. The van der Waals surface area contributed by atoms with Crippen LogP contribution in [-0.2, 0) is 15.8 Å². The van der Waals surface area contributed by atoms with Crippen LogP contribution in [0, 0.1) is 17.2 Å². The molecule has 1 unspecified atom stereocenters. The molecule has 0 aromatic heterocycles. The second-order valence-electron chi connectivity index (χ2n) is 5.87. The van der Waals surface area contributed by atoms with Gasteiger partial charge in [0.15, 0.2) is 0 Å². The monoisotopic (exact) mass is 308 g/mol. The zero-order valence-corrected chi connectivity index (χ0v) is 13.8. The second-order valence-corrected chi connectivity index (χ2v) is 7.63. The SMILES string of the molecule is CC(C)CCCC(C)NS(=O)(=O)Cc1ccccc1C#N. The summed E-state index contributed by atoms with van der Waals surface area (Å²) in [5.41, 5.74) is 0.956. The Morgan fingerprint density at radius 1 is 1.19 bits per heavy atom. The molecule has 4 nitrogen and oxygen atoms in total. The van der Waals surface area contributed by atoms with Gasteiger partial charge in [0, 0.05) is 6.04 Å². The van der Waals surface area contributed by atoms with Gasteiger partial charge in [-0.1, -0.05) is 44.9 Å². The van der Waals surface area contributed by atoms with Crippen LogP contribution < -0.4 is 4.72 Å². The summed E-state index contributed by atoms with van der Waals surface area (Å²) in [5.74, 6) is 0.488. The Bertz CT molecular complexity index is 589. The standard InChI is InChI=1S/C16H24N2O2S/c1-13(2)7-6-8-14(3)18-21(19,20)12-16-10-5-4-9-15(16)11-17/h4-5,9-10,13-14,18H,6-8,12H2,1-3H3. The zero-order chi connectivity index (χ0) is 15.9. The molecule has 0 aliphatic heterocycles. The molecule has 0 heterocycles. The molecule has 1 aromatic rings. The van der Waals surface area contributed by atoms with Crippen molar-refractivity contribution in [2.75, 3.05) is 0 Å². The normalized spacial score (nSPS) is 13.1. The van der Waals surface area contributed by atoms with Gasteiger partial charge in [0.05, 0.1) is 17.4 Å². The van der Waals surface area contributed by atoms with Gasteiger partial charge in [-0.15, -0.1) is 0 Å². The van der Waals surface area contributed by atoms with Crippen LogP contribution in [-0.4, -0.2) is 14.5 Å². The minimum atomic E-state index is -3.42. The van der Waals surface area contributed by atoms with E-state index in [4.69, 9.17) is 5.26 Å². The largest absolute Gasteiger partial charge is 0.216 e. The maximum absolute atomic E-state index is 12.2. The van der Waals surface area contributed by atoms with Gasteiger partial charge in [-0.2, -0.15) is 5.26 Å². The van der Waals surface area contributed by atoms with E-state index in [2.05, 4.69) is 18.6 Å². The number of benzene rings is 1. The molecular weight excluding hydrogens is 284 g/mol. The lowest BCUT2D eigenvalue weighted by Gasteiger charge is -2.15. The molecule has 1 rings (SSSR count). The molecule has 116 valence electrons. The predicted octanol–water partition coefficient (Wildman–Crippen LogP) is 3.19. The van der Waals surface area contributed by atoms with Crippen LogP contribution in [0.15, 0.2) is 24.3 Å². The maximum atomic E-state index is 12.2. The first-order valence-electron chi connectivity index (χ1n) is 7.32. The van der Waals surface area contributed by atoms with Gasteiger partial charge in [0.1, 0.15) is 0 Å². The summed E-state index contributed by atoms with van der Waals surface area (Å²) in [6.45, 7) is 6.20. The first kappa shape index (κ1) is 17.7. The first-order valence-corrected chi connectivity index (χ1v) is 8.97. The summed E-state index contributed by atoms with van der Waals surface area (Å²) < 4.78 is 27.0. The molecule has 0 aliphatic rings. The lowest BCUT2D eigenvalue weighted by atomic mass is 10.0. The first-order chi connectivity index (χ1) is 9.84. The number of nitrogens with one attached hydrogen (secondary N) is 1. The fourth-order valence-corrected chi connectivity index (χ4v) is 3.67. The smallest absolute Gasteiger partial charge is 0.212 e. The Balaban J connectivity index is 2.60. The molecule has 0 aliphatic carbocycles. The summed E-state index contributed by atoms with van der Waals surface area (Å²) >= 11 is 0. The highest BCUT2D eigenvalue weighted by molar-refractivity contribution is 7.88. The van der Waals surface area contributed by atoms with Crippen molar-refractivity contribution in [3.05, 3.63) is 35.4 Å². The minimum absolute atomic E-state index is 0.0806. The molecule has 1 N–H and O–H groups in total. The number of rotatable bonds is 8. The molecule has 1 atom stereocenters. The van der Waals surface area contributed by atoms with Crippen molar-refractivity contribution >= 4 is 10.0 Å². The van der Waals surface area contributed by atoms with E-state index in [9.17, 15) is 8.42 Å². The van der Waals surface area contributed by atoms with Crippen LogP contribution in [0.25, 0.3) is 0 Å². The maximum Gasteiger partial charge on any atom is 0.216 e. The predicted molar refractivity (Wildman–Crippen MR) is 85.1 cm³/mol. The molecule has 0 bridgehead atoms. The average Bonchev–Trinajstić information content (AvgIpc) is 2.37. The van der Waals surface area contributed by atoms with Crippen LogP contribution in [0.3, 0.4) is 0 Å². The van der Waals surface area contributed by atoms with Crippen molar-refractivity contribution in [2.45, 2.75) is 51.8 Å². The molecule has 1 aromatic carbocycles. The van der Waals surface area contributed by atoms with Gasteiger partial charge in [-0.3, -0.25) is 0 Å². The molecule has 21 heavy (non-hydrogen) atoms. The van der Waals surface area contributed by atoms with Gasteiger partial charge >= 0.3 is 0 Å². The zero-order valence-electron chi connectivity index (χ0n) is 13.0. The molecule has 5 heteroatoms. The highest BCUT2D eigenvalue weighted by Gasteiger charge is 2.17. The second kappa shape index (κ2) is 8.16. The van der Waals surface area contributed by atoms with Crippen molar-refractivity contribution < 1.29 is 8.42 Å². The van der Waals surface area contributed by atoms with Crippen LogP contribution >= 0.6 is 0 Å². The lowest BCUT2D eigenvalue weighted by molar-refractivity contribution is 0.488. The minimum Gasteiger partial charge on any atom is -0.212 e. The van der Waals surface area contributed by atoms with E-state index in [-0.39, 0.29) is 11.8 Å². The summed E-state index contributed by atoms with van der Waals surface area (Å²) in [6.07, 6.45) is 2.94. The van der Waals surface area contributed by atoms with Crippen LogP contribution in [0.1, 0.15) is 51.2 Å². The Hall–Kier alpha value is -1.38. The van der Waals surface area contributed by atoms with E-state index in [0.29, 0.717) is 17.0 Å². The number of sulfonamides is 1. The number of nitrogens with zero attached hydrogens (tertiary/aromatic N) is 1. The topological polar surface area (TPSA) is 70.0 Å². The van der Waals surface area contributed by atoms with Gasteiger partial charge in [-0.25, -0.2) is 13.1 Å². The third kappa shape index (κ3) is 6.74. The highest BCUT2D eigenvalue weighted by Crippen LogP contribution is 2.13. The Labute approximate surface area is 128 Å². The van der Waals surface area contributed by atoms with E-state index < -0.39 is 10.0 Å². The molecule has 0 saturated heterocycles. The Morgan fingerprint density at radius 3 is 2.48 bits per heavy atom. The van der Waals surface area contributed by atoms with Crippen LogP contribution in [0.2, 0.25) is 0 Å². The molecule has 0 fully saturated rings. The van der Waals surface area contributed by atoms with Crippen molar-refractivity contribution in [1.29, 1.82) is 5.26 Å². The van der Waals surface area contributed by atoms with Crippen molar-refractivity contribution in [3.63, 3.8) is 0 Å². The van der Waals surface area contributed by atoms with E-state index in [1.165, 1.54) is 0 Å². The number of hydrogen-bond acceptors (Lipinski definition) is 3. The summed E-state index contributed by atoms with van der Waals surface area (Å²) in [4.78, 5) is 0. The Kier molecular flexibility index (Phi) is 6.86. The van der Waals surface area contributed by atoms with Gasteiger partial charge in [-0.05, 0) is 30.9 Å². The summed E-state index contributed by atoms with van der Waals surface area (Å²) in [7, 11) is -3.42.